The summed E-state index contributed by atoms with van der Waals surface area (Å²) in [5.41, 5.74) is 0.261. The number of carboxylic acids is 1. The van der Waals surface area contributed by atoms with Crippen LogP contribution in [0.1, 0.15) is 17.3 Å². The van der Waals surface area contributed by atoms with Gasteiger partial charge in [0.25, 0.3) is 5.91 Å². The molecule has 108 valence electrons. The summed E-state index contributed by atoms with van der Waals surface area (Å²) in [7, 11) is 0. The van der Waals surface area contributed by atoms with Crippen molar-refractivity contribution in [2.45, 2.75) is 13.0 Å². The lowest BCUT2D eigenvalue weighted by Gasteiger charge is -2.36. The summed E-state index contributed by atoms with van der Waals surface area (Å²) in [6, 6.07) is 2.01. The molecule has 1 amide bonds. The fourth-order valence-electron chi connectivity index (χ4n) is 2.19. The Morgan fingerprint density at radius 3 is 2.55 bits per heavy atom. The lowest BCUT2D eigenvalue weighted by molar-refractivity contribution is -0.143. The molecule has 1 unspecified atom stereocenters. The van der Waals surface area contributed by atoms with Crippen LogP contribution in [0, 0.1) is 5.95 Å². The van der Waals surface area contributed by atoms with Gasteiger partial charge in [-0.05, 0) is 13.0 Å². The molecule has 2 rings (SSSR count). The van der Waals surface area contributed by atoms with Crippen LogP contribution in [0.2, 0.25) is 0 Å². The third-order valence-electron chi connectivity index (χ3n) is 3.48. The number of aromatic nitrogens is 1. The molecule has 1 N–H and O–H groups in total. The second-order valence-corrected chi connectivity index (χ2v) is 4.71. The minimum atomic E-state index is -0.874. The summed E-state index contributed by atoms with van der Waals surface area (Å²) < 4.78 is 13.0. The Labute approximate surface area is 115 Å². The topological polar surface area (TPSA) is 73.7 Å². The highest BCUT2D eigenvalue weighted by Crippen LogP contribution is 2.11. The average molecular weight is 281 g/mol. The van der Waals surface area contributed by atoms with Crippen LogP contribution in [0.15, 0.2) is 18.3 Å². The smallest absolute Gasteiger partial charge is 0.320 e. The van der Waals surface area contributed by atoms with E-state index in [0.717, 1.165) is 6.07 Å². The maximum absolute atomic E-state index is 13.0. The standard InChI is InChI=1S/C13H16FN3O3/c1-9(13(19)20)16-4-6-17(7-5-16)12(18)10-2-3-15-11(14)8-10/h2-3,8-9H,4-7H2,1H3,(H,19,20). The Kier molecular flexibility index (Phi) is 4.29. The minimum Gasteiger partial charge on any atom is -0.480 e. The third kappa shape index (κ3) is 3.11. The van der Waals surface area contributed by atoms with Crippen molar-refractivity contribution in [3.63, 3.8) is 0 Å². The van der Waals surface area contributed by atoms with Crippen molar-refractivity contribution in [1.29, 1.82) is 0 Å². The van der Waals surface area contributed by atoms with Gasteiger partial charge in [0, 0.05) is 44.0 Å². The number of piperazine rings is 1. The highest BCUT2D eigenvalue weighted by Gasteiger charge is 2.27. The number of amides is 1. The van der Waals surface area contributed by atoms with E-state index in [1.165, 1.54) is 12.3 Å². The summed E-state index contributed by atoms with van der Waals surface area (Å²) in [6.45, 7) is 3.47. The van der Waals surface area contributed by atoms with E-state index in [2.05, 4.69) is 4.98 Å². The monoisotopic (exact) mass is 281 g/mol. The maximum atomic E-state index is 13.0. The number of rotatable bonds is 3. The number of aliphatic carboxylic acids is 1. The van der Waals surface area contributed by atoms with E-state index in [-0.39, 0.29) is 11.5 Å². The molecule has 1 aliphatic rings. The third-order valence-corrected chi connectivity index (χ3v) is 3.48. The molecule has 0 saturated carbocycles. The fourth-order valence-corrected chi connectivity index (χ4v) is 2.19. The van der Waals surface area contributed by atoms with Gasteiger partial charge in [-0.25, -0.2) is 4.98 Å². The fraction of sp³-hybridized carbons (Fsp3) is 0.462. The molecule has 6 nitrogen and oxygen atoms in total. The SMILES string of the molecule is CC(C(=O)O)N1CCN(C(=O)c2ccnc(F)c2)CC1. The molecule has 0 bridgehead atoms. The zero-order chi connectivity index (χ0) is 14.7. The summed E-state index contributed by atoms with van der Waals surface area (Å²) in [4.78, 5) is 29.9. The number of hydrogen-bond acceptors (Lipinski definition) is 4. The Bertz CT molecular complexity index is 515. The number of carbonyl (C=O) groups excluding carboxylic acids is 1. The van der Waals surface area contributed by atoms with Crippen molar-refractivity contribution in [2.75, 3.05) is 26.2 Å². The lowest BCUT2D eigenvalue weighted by Crippen LogP contribution is -2.53. The van der Waals surface area contributed by atoms with Crippen LogP contribution in [0.3, 0.4) is 0 Å². The van der Waals surface area contributed by atoms with Gasteiger partial charge in [0.2, 0.25) is 5.95 Å². The van der Waals surface area contributed by atoms with E-state index in [4.69, 9.17) is 5.11 Å². The number of carboxylic acid groups (broad SMARTS) is 1. The number of carbonyl (C=O) groups is 2. The van der Waals surface area contributed by atoms with Gasteiger partial charge in [0.05, 0.1) is 0 Å². The van der Waals surface area contributed by atoms with Gasteiger partial charge >= 0.3 is 5.97 Å². The summed E-state index contributed by atoms with van der Waals surface area (Å²) in [6.07, 6.45) is 1.26. The van der Waals surface area contributed by atoms with Crippen LogP contribution in [0.4, 0.5) is 4.39 Å². The molecule has 20 heavy (non-hydrogen) atoms. The van der Waals surface area contributed by atoms with Gasteiger partial charge in [-0.3, -0.25) is 14.5 Å². The predicted octanol–water partition coefficient (Wildman–Crippen LogP) is 0.452. The maximum Gasteiger partial charge on any atom is 0.320 e. The second kappa shape index (κ2) is 5.96. The van der Waals surface area contributed by atoms with E-state index in [9.17, 15) is 14.0 Å². The number of halogens is 1. The van der Waals surface area contributed by atoms with Crippen LogP contribution in [-0.4, -0.2) is 64.0 Å². The first-order valence-electron chi connectivity index (χ1n) is 6.36. The molecule has 0 spiro atoms. The van der Waals surface area contributed by atoms with Crippen LogP contribution in [0.5, 0.6) is 0 Å². The normalized spacial score (nSPS) is 17.8. The quantitative estimate of drug-likeness (QED) is 0.814. The van der Waals surface area contributed by atoms with Gasteiger partial charge in [-0.1, -0.05) is 0 Å². The molecule has 1 saturated heterocycles. The van der Waals surface area contributed by atoms with Gasteiger partial charge in [0.15, 0.2) is 0 Å². The summed E-state index contributed by atoms with van der Waals surface area (Å²) in [5.74, 6) is -1.82. The molecule has 1 aliphatic heterocycles. The van der Waals surface area contributed by atoms with Crippen molar-refractivity contribution >= 4 is 11.9 Å². The summed E-state index contributed by atoms with van der Waals surface area (Å²) in [5, 5.41) is 8.95. The first kappa shape index (κ1) is 14.4. The molecule has 0 aromatic carbocycles. The summed E-state index contributed by atoms with van der Waals surface area (Å²) >= 11 is 0. The van der Waals surface area contributed by atoms with Crippen molar-refractivity contribution in [1.82, 2.24) is 14.8 Å². The Hall–Kier alpha value is -2.02. The first-order chi connectivity index (χ1) is 9.49. The Balaban J connectivity index is 1.97. The molecule has 0 aliphatic carbocycles. The van der Waals surface area contributed by atoms with Gasteiger partial charge in [-0.2, -0.15) is 4.39 Å². The van der Waals surface area contributed by atoms with E-state index in [0.29, 0.717) is 26.2 Å². The predicted molar refractivity (Wildman–Crippen MR) is 68.8 cm³/mol. The molecular formula is C13H16FN3O3. The second-order valence-electron chi connectivity index (χ2n) is 4.71. The Morgan fingerprint density at radius 1 is 1.35 bits per heavy atom. The molecule has 7 heteroatoms. The zero-order valence-electron chi connectivity index (χ0n) is 11.1. The van der Waals surface area contributed by atoms with E-state index < -0.39 is 18.0 Å². The number of nitrogens with zero attached hydrogens (tertiary/aromatic N) is 3. The van der Waals surface area contributed by atoms with Crippen LogP contribution >= 0.6 is 0 Å². The molecule has 1 aromatic heterocycles. The van der Waals surface area contributed by atoms with Gasteiger partial charge in [0.1, 0.15) is 6.04 Å². The highest BCUT2D eigenvalue weighted by molar-refractivity contribution is 5.94. The van der Waals surface area contributed by atoms with E-state index >= 15 is 0 Å². The van der Waals surface area contributed by atoms with Crippen LogP contribution in [0.25, 0.3) is 0 Å². The van der Waals surface area contributed by atoms with E-state index in [1.54, 1.807) is 16.7 Å². The highest BCUT2D eigenvalue weighted by atomic mass is 19.1. The van der Waals surface area contributed by atoms with Gasteiger partial charge < -0.3 is 10.0 Å². The first-order valence-corrected chi connectivity index (χ1v) is 6.36. The molecule has 1 aromatic rings. The van der Waals surface area contributed by atoms with Gasteiger partial charge in [-0.15, -0.1) is 0 Å². The molecule has 2 heterocycles. The molecule has 1 fully saturated rings. The van der Waals surface area contributed by atoms with Crippen molar-refractivity contribution in [2.24, 2.45) is 0 Å². The van der Waals surface area contributed by atoms with Crippen molar-refractivity contribution in [3.8, 4) is 0 Å². The number of hydrogen-bond donors (Lipinski definition) is 1. The van der Waals surface area contributed by atoms with Crippen molar-refractivity contribution in [3.05, 3.63) is 29.8 Å². The lowest BCUT2D eigenvalue weighted by atomic mass is 10.2. The van der Waals surface area contributed by atoms with Crippen LogP contribution in [-0.2, 0) is 4.79 Å². The average Bonchev–Trinajstić information content (AvgIpc) is 2.46. The minimum absolute atomic E-state index is 0.256. The number of pyridine rings is 1. The molecule has 0 radical (unpaired) electrons. The Morgan fingerprint density at radius 2 is 2.00 bits per heavy atom. The van der Waals surface area contributed by atoms with Crippen molar-refractivity contribution < 1.29 is 19.1 Å². The van der Waals surface area contributed by atoms with Crippen LogP contribution < -0.4 is 0 Å². The zero-order valence-corrected chi connectivity index (χ0v) is 11.1. The largest absolute Gasteiger partial charge is 0.480 e. The molecule has 1 atom stereocenters. The molecular weight excluding hydrogens is 265 g/mol. The van der Waals surface area contributed by atoms with E-state index in [1.807, 2.05) is 0 Å².